The molecule has 3 rings (SSSR count). The highest BCUT2D eigenvalue weighted by molar-refractivity contribution is 6.30. The number of nitrogens with zero attached hydrogens (tertiary/aromatic N) is 2. The smallest absolute Gasteiger partial charge is 0.317 e. The SMILES string of the molecule is Cc1cc(-n2ccnc(OCCc3cccc(Cl)c3)c2=O)ccc1OCC(C)(C)C. The first-order valence-corrected chi connectivity index (χ1v) is 10.3. The zero-order valence-corrected chi connectivity index (χ0v) is 18.6. The lowest BCUT2D eigenvalue weighted by Gasteiger charge is -2.20. The van der Waals surface area contributed by atoms with Crippen LogP contribution in [0.2, 0.25) is 5.02 Å². The van der Waals surface area contributed by atoms with Crippen molar-refractivity contribution in [2.24, 2.45) is 5.41 Å². The summed E-state index contributed by atoms with van der Waals surface area (Å²) < 4.78 is 13.1. The third-order valence-electron chi connectivity index (χ3n) is 4.43. The van der Waals surface area contributed by atoms with Crippen molar-refractivity contribution >= 4 is 11.6 Å². The average molecular weight is 427 g/mol. The third-order valence-corrected chi connectivity index (χ3v) is 4.66. The second-order valence-corrected chi connectivity index (χ2v) is 8.87. The normalized spacial score (nSPS) is 11.4. The molecule has 6 heteroatoms. The molecule has 0 spiro atoms. The molecule has 1 aromatic heterocycles. The van der Waals surface area contributed by atoms with Crippen LogP contribution in [-0.2, 0) is 6.42 Å². The number of ether oxygens (including phenoxy) is 2. The maximum Gasteiger partial charge on any atom is 0.317 e. The third kappa shape index (κ3) is 5.86. The summed E-state index contributed by atoms with van der Waals surface area (Å²) in [6, 6.07) is 13.2. The zero-order chi connectivity index (χ0) is 21.7. The van der Waals surface area contributed by atoms with Gasteiger partial charge in [0.05, 0.1) is 13.2 Å². The fourth-order valence-corrected chi connectivity index (χ4v) is 3.11. The molecule has 0 atom stereocenters. The van der Waals surface area contributed by atoms with Crippen molar-refractivity contribution in [1.29, 1.82) is 0 Å². The predicted molar refractivity (Wildman–Crippen MR) is 120 cm³/mol. The number of rotatable bonds is 7. The van der Waals surface area contributed by atoms with Crippen molar-refractivity contribution < 1.29 is 9.47 Å². The van der Waals surface area contributed by atoms with E-state index in [0.717, 1.165) is 22.6 Å². The summed E-state index contributed by atoms with van der Waals surface area (Å²) in [5.74, 6) is 0.888. The van der Waals surface area contributed by atoms with Crippen LogP contribution < -0.4 is 15.0 Å². The summed E-state index contributed by atoms with van der Waals surface area (Å²) in [5.41, 5.74) is 2.52. The number of benzene rings is 2. The minimum absolute atomic E-state index is 0.0739. The summed E-state index contributed by atoms with van der Waals surface area (Å²) in [5, 5.41) is 0.679. The second-order valence-electron chi connectivity index (χ2n) is 8.44. The van der Waals surface area contributed by atoms with Gasteiger partial charge in [-0.15, -0.1) is 0 Å². The van der Waals surface area contributed by atoms with Crippen LogP contribution in [0.25, 0.3) is 5.69 Å². The summed E-state index contributed by atoms with van der Waals surface area (Å²) in [6.07, 6.45) is 3.83. The molecule has 5 nitrogen and oxygen atoms in total. The van der Waals surface area contributed by atoms with Crippen molar-refractivity contribution in [3.63, 3.8) is 0 Å². The monoisotopic (exact) mass is 426 g/mol. The molecule has 0 N–H and O–H groups in total. The van der Waals surface area contributed by atoms with Gasteiger partial charge in [-0.3, -0.25) is 9.36 Å². The molecule has 0 amide bonds. The van der Waals surface area contributed by atoms with Gasteiger partial charge in [-0.25, -0.2) is 4.98 Å². The molecule has 0 radical (unpaired) electrons. The van der Waals surface area contributed by atoms with Gasteiger partial charge in [0.25, 0.3) is 5.88 Å². The number of halogens is 1. The Morgan fingerprint density at radius 1 is 1.10 bits per heavy atom. The van der Waals surface area contributed by atoms with Gasteiger partial charge in [-0.1, -0.05) is 44.5 Å². The van der Waals surface area contributed by atoms with Crippen molar-refractivity contribution in [3.05, 3.63) is 81.4 Å². The highest BCUT2D eigenvalue weighted by Gasteiger charge is 2.13. The number of aryl methyl sites for hydroxylation is 1. The van der Waals surface area contributed by atoms with Gasteiger partial charge in [0.1, 0.15) is 5.75 Å². The first kappa shape index (κ1) is 21.9. The maximum atomic E-state index is 12.8. The van der Waals surface area contributed by atoms with Crippen molar-refractivity contribution in [3.8, 4) is 17.3 Å². The fourth-order valence-electron chi connectivity index (χ4n) is 2.89. The van der Waals surface area contributed by atoms with Gasteiger partial charge < -0.3 is 9.47 Å². The second kappa shape index (κ2) is 9.35. The molecule has 0 aliphatic heterocycles. The topological polar surface area (TPSA) is 53.4 Å². The molecule has 0 aliphatic rings. The summed E-state index contributed by atoms with van der Waals surface area (Å²) in [6.45, 7) is 9.30. The number of aromatic nitrogens is 2. The predicted octanol–water partition coefficient (Wildman–Crippen LogP) is 5.24. The Bertz CT molecular complexity index is 1070. The highest BCUT2D eigenvalue weighted by Crippen LogP contribution is 2.23. The van der Waals surface area contributed by atoms with E-state index in [2.05, 4.69) is 25.8 Å². The lowest BCUT2D eigenvalue weighted by atomic mass is 9.98. The largest absolute Gasteiger partial charge is 0.493 e. The number of hydrogen-bond donors (Lipinski definition) is 0. The molecule has 3 aromatic rings. The molecule has 2 aromatic carbocycles. The van der Waals surface area contributed by atoms with E-state index in [1.165, 1.54) is 4.57 Å². The van der Waals surface area contributed by atoms with Gasteiger partial charge >= 0.3 is 5.56 Å². The van der Waals surface area contributed by atoms with Gasteiger partial charge in [0.2, 0.25) is 0 Å². The van der Waals surface area contributed by atoms with E-state index in [-0.39, 0.29) is 16.9 Å². The summed E-state index contributed by atoms with van der Waals surface area (Å²) in [7, 11) is 0. The van der Waals surface area contributed by atoms with Crippen LogP contribution in [0.4, 0.5) is 0 Å². The molecule has 0 saturated carbocycles. The molecular weight excluding hydrogens is 400 g/mol. The van der Waals surface area contributed by atoms with E-state index >= 15 is 0 Å². The van der Waals surface area contributed by atoms with E-state index in [9.17, 15) is 4.79 Å². The molecular formula is C24H27ClN2O3. The summed E-state index contributed by atoms with van der Waals surface area (Å²) >= 11 is 6.00. The van der Waals surface area contributed by atoms with Crippen molar-refractivity contribution in [2.75, 3.05) is 13.2 Å². The van der Waals surface area contributed by atoms with Gasteiger partial charge in [0, 0.05) is 29.5 Å². The highest BCUT2D eigenvalue weighted by atomic mass is 35.5. The fraction of sp³-hybridized carbons (Fsp3) is 0.333. The lowest BCUT2D eigenvalue weighted by molar-refractivity contribution is 0.197. The molecule has 158 valence electrons. The Kier molecular flexibility index (Phi) is 6.83. The first-order valence-electron chi connectivity index (χ1n) is 9.92. The van der Waals surface area contributed by atoms with Gasteiger partial charge in [-0.05, 0) is 53.8 Å². The average Bonchev–Trinajstić information content (AvgIpc) is 2.68. The maximum absolute atomic E-state index is 12.8. The van der Waals surface area contributed by atoms with Crippen LogP contribution in [-0.4, -0.2) is 22.8 Å². The Hall–Kier alpha value is -2.79. The van der Waals surface area contributed by atoms with Crippen LogP contribution in [0.5, 0.6) is 11.6 Å². The Morgan fingerprint density at radius 2 is 1.90 bits per heavy atom. The van der Waals surface area contributed by atoms with E-state index < -0.39 is 0 Å². The number of hydrogen-bond acceptors (Lipinski definition) is 4. The Balaban J connectivity index is 1.72. The minimum atomic E-state index is -0.300. The van der Waals surface area contributed by atoms with Crippen LogP contribution in [0.3, 0.4) is 0 Å². The minimum Gasteiger partial charge on any atom is -0.493 e. The van der Waals surface area contributed by atoms with Gasteiger partial charge in [-0.2, -0.15) is 0 Å². The Morgan fingerprint density at radius 3 is 2.60 bits per heavy atom. The molecule has 0 aliphatic carbocycles. The molecule has 0 bridgehead atoms. The standard InChI is InChI=1S/C24H27ClN2O3/c1-17-14-20(8-9-21(17)30-16-24(2,3)4)27-12-11-26-22(23(27)28)29-13-10-18-6-5-7-19(25)15-18/h5-9,11-12,14-15H,10,13,16H2,1-4H3. The molecule has 0 fully saturated rings. The lowest BCUT2D eigenvalue weighted by Crippen LogP contribution is -2.22. The Labute approximate surface area is 182 Å². The van der Waals surface area contributed by atoms with E-state index in [1.807, 2.05) is 49.4 Å². The van der Waals surface area contributed by atoms with Crippen molar-refractivity contribution in [2.45, 2.75) is 34.1 Å². The summed E-state index contributed by atoms with van der Waals surface area (Å²) in [4.78, 5) is 16.9. The zero-order valence-electron chi connectivity index (χ0n) is 17.8. The van der Waals surface area contributed by atoms with Crippen LogP contribution in [0, 0.1) is 12.3 Å². The molecule has 1 heterocycles. The van der Waals surface area contributed by atoms with Crippen LogP contribution >= 0.6 is 11.6 Å². The van der Waals surface area contributed by atoms with Crippen LogP contribution in [0.15, 0.2) is 59.7 Å². The molecule has 0 unspecified atom stereocenters. The van der Waals surface area contributed by atoms with E-state index in [1.54, 1.807) is 12.4 Å². The van der Waals surface area contributed by atoms with Crippen LogP contribution in [0.1, 0.15) is 31.9 Å². The van der Waals surface area contributed by atoms with E-state index in [4.69, 9.17) is 21.1 Å². The van der Waals surface area contributed by atoms with Gasteiger partial charge in [0.15, 0.2) is 0 Å². The quantitative estimate of drug-likeness (QED) is 0.518. The molecule has 0 saturated heterocycles. The van der Waals surface area contributed by atoms with Crippen molar-refractivity contribution in [1.82, 2.24) is 9.55 Å². The molecule has 30 heavy (non-hydrogen) atoms. The van der Waals surface area contributed by atoms with E-state index in [0.29, 0.717) is 24.7 Å². The first-order chi connectivity index (χ1) is 14.2.